The number of aliphatic hydroxyl groups is 1. The van der Waals surface area contributed by atoms with Crippen molar-refractivity contribution >= 4 is 5.91 Å². The SMILES string of the molecule is CN(CCO)Cc1cccc(C(=O)N2CCC(N)CC2)c1. The molecule has 0 aliphatic carbocycles. The van der Waals surface area contributed by atoms with E-state index in [4.69, 9.17) is 10.8 Å². The van der Waals surface area contributed by atoms with E-state index in [0.717, 1.165) is 43.6 Å². The minimum absolute atomic E-state index is 0.0913. The van der Waals surface area contributed by atoms with Gasteiger partial charge in [0.25, 0.3) is 5.91 Å². The second kappa shape index (κ2) is 7.54. The molecule has 0 radical (unpaired) electrons. The van der Waals surface area contributed by atoms with Crippen LogP contribution in [0.3, 0.4) is 0 Å². The molecule has 5 nitrogen and oxygen atoms in total. The summed E-state index contributed by atoms with van der Waals surface area (Å²) in [7, 11) is 1.96. The molecule has 0 bridgehead atoms. The fourth-order valence-electron chi connectivity index (χ4n) is 2.65. The number of hydrogen-bond acceptors (Lipinski definition) is 4. The van der Waals surface area contributed by atoms with Crippen molar-refractivity contribution in [1.82, 2.24) is 9.80 Å². The van der Waals surface area contributed by atoms with E-state index in [-0.39, 0.29) is 18.6 Å². The third kappa shape index (κ3) is 4.52. The lowest BCUT2D eigenvalue weighted by atomic mass is 10.0. The molecule has 1 aromatic rings. The number of nitrogens with zero attached hydrogens (tertiary/aromatic N) is 2. The number of carbonyl (C=O) groups is 1. The highest BCUT2D eigenvalue weighted by Gasteiger charge is 2.21. The number of carbonyl (C=O) groups excluding carboxylic acids is 1. The zero-order valence-corrected chi connectivity index (χ0v) is 12.7. The van der Waals surface area contributed by atoms with Gasteiger partial charge in [-0.3, -0.25) is 9.69 Å². The van der Waals surface area contributed by atoms with E-state index >= 15 is 0 Å². The lowest BCUT2D eigenvalue weighted by molar-refractivity contribution is 0.0714. The molecule has 0 atom stereocenters. The molecule has 0 saturated carbocycles. The van der Waals surface area contributed by atoms with E-state index < -0.39 is 0 Å². The van der Waals surface area contributed by atoms with Crippen molar-refractivity contribution in [1.29, 1.82) is 0 Å². The minimum Gasteiger partial charge on any atom is -0.395 e. The molecule has 116 valence electrons. The van der Waals surface area contributed by atoms with Gasteiger partial charge in [0.15, 0.2) is 0 Å². The highest BCUT2D eigenvalue weighted by Crippen LogP contribution is 2.14. The van der Waals surface area contributed by atoms with Gasteiger partial charge in [0.05, 0.1) is 6.61 Å². The average Bonchev–Trinajstić information content (AvgIpc) is 2.48. The Bertz CT molecular complexity index is 470. The molecule has 0 aromatic heterocycles. The molecular weight excluding hydrogens is 266 g/mol. The Hall–Kier alpha value is -1.43. The van der Waals surface area contributed by atoms with Crippen molar-refractivity contribution in [2.75, 3.05) is 33.3 Å². The van der Waals surface area contributed by atoms with Crippen molar-refractivity contribution in [3.8, 4) is 0 Å². The minimum atomic E-state index is 0.0913. The Kier molecular flexibility index (Phi) is 5.73. The lowest BCUT2D eigenvalue weighted by Crippen LogP contribution is -2.42. The average molecular weight is 291 g/mol. The van der Waals surface area contributed by atoms with Gasteiger partial charge in [-0.2, -0.15) is 0 Å². The number of benzene rings is 1. The van der Waals surface area contributed by atoms with Crippen LogP contribution in [0, 0.1) is 0 Å². The molecule has 3 N–H and O–H groups in total. The maximum atomic E-state index is 12.5. The Labute approximate surface area is 126 Å². The smallest absolute Gasteiger partial charge is 0.253 e. The summed E-state index contributed by atoms with van der Waals surface area (Å²) in [6.45, 7) is 2.99. The van der Waals surface area contributed by atoms with Gasteiger partial charge >= 0.3 is 0 Å². The van der Waals surface area contributed by atoms with Crippen molar-refractivity contribution in [3.63, 3.8) is 0 Å². The molecule has 5 heteroatoms. The van der Waals surface area contributed by atoms with E-state index in [1.165, 1.54) is 0 Å². The highest BCUT2D eigenvalue weighted by molar-refractivity contribution is 5.94. The molecule has 0 unspecified atom stereocenters. The molecule has 1 heterocycles. The maximum Gasteiger partial charge on any atom is 0.253 e. The highest BCUT2D eigenvalue weighted by atomic mass is 16.3. The number of likely N-dealkylation sites (tertiary alicyclic amines) is 1. The second-order valence-electron chi connectivity index (χ2n) is 5.79. The lowest BCUT2D eigenvalue weighted by Gasteiger charge is -2.30. The first-order valence-corrected chi connectivity index (χ1v) is 7.53. The zero-order chi connectivity index (χ0) is 15.2. The van der Waals surface area contributed by atoms with E-state index in [1.807, 2.05) is 41.1 Å². The van der Waals surface area contributed by atoms with Crippen LogP contribution in [0.1, 0.15) is 28.8 Å². The largest absolute Gasteiger partial charge is 0.395 e. The Morgan fingerprint density at radius 3 is 2.81 bits per heavy atom. The Morgan fingerprint density at radius 2 is 2.14 bits per heavy atom. The topological polar surface area (TPSA) is 69.8 Å². The van der Waals surface area contributed by atoms with Crippen molar-refractivity contribution in [3.05, 3.63) is 35.4 Å². The van der Waals surface area contributed by atoms with Gasteiger partial charge in [-0.25, -0.2) is 0 Å². The van der Waals surface area contributed by atoms with Crippen LogP contribution >= 0.6 is 0 Å². The molecule has 21 heavy (non-hydrogen) atoms. The van der Waals surface area contributed by atoms with Crippen LogP contribution in [0.4, 0.5) is 0 Å². The molecule has 1 aromatic carbocycles. The summed E-state index contributed by atoms with van der Waals surface area (Å²) in [5, 5.41) is 8.94. The predicted octanol–water partition coefficient (Wildman–Crippen LogP) is 0.674. The fraction of sp³-hybridized carbons (Fsp3) is 0.562. The van der Waals surface area contributed by atoms with Crippen LogP contribution in [0.15, 0.2) is 24.3 Å². The Morgan fingerprint density at radius 1 is 1.43 bits per heavy atom. The van der Waals surface area contributed by atoms with E-state index in [2.05, 4.69) is 0 Å². The zero-order valence-electron chi connectivity index (χ0n) is 12.7. The van der Waals surface area contributed by atoms with Crippen LogP contribution in [-0.2, 0) is 6.54 Å². The first-order valence-electron chi connectivity index (χ1n) is 7.53. The molecule has 1 aliphatic heterocycles. The molecule has 1 saturated heterocycles. The first kappa shape index (κ1) is 15.9. The Balaban J connectivity index is 2.01. The van der Waals surface area contributed by atoms with Crippen LogP contribution in [0.5, 0.6) is 0 Å². The third-order valence-corrected chi connectivity index (χ3v) is 3.93. The summed E-state index contributed by atoms with van der Waals surface area (Å²) >= 11 is 0. The predicted molar refractivity (Wildman–Crippen MR) is 83.0 cm³/mol. The molecule has 1 aliphatic rings. The normalized spacial score (nSPS) is 16.5. The van der Waals surface area contributed by atoms with Gasteiger partial charge in [-0.1, -0.05) is 12.1 Å². The van der Waals surface area contributed by atoms with Crippen molar-refractivity contribution in [2.24, 2.45) is 5.73 Å². The molecule has 2 rings (SSSR count). The molecule has 0 spiro atoms. The maximum absolute atomic E-state index is 12.5. The number of hydrogen-bond donors (Lipinski definition) is 2. The van der Waals surface area contributed by atoms with Gasteiger partial charge in [-0.05, 0) is 37.6 Å². The van der Waals surface area contributed by atoms with Crippen LogP contribution in [0.25, 0.3) is 0 Å². The van der Waals surface area contributed by atoms with E-state index in [1.54, 1.807) is 0 Å². The first-order chi connectivity index (χ1) is 10.1. The van der Waals surface area contributed by atoms with E-state index in [0.29, 0.717) is 6.54 Å². The van der Waals surface area contributed by atoms with Crippen LogP contribution in [0.2, 0.25) is 0 Å². The van der Waals surface area contributed by atoms with Crippen LogP contribution < -0.4 is 5.73 Å². The standard InChI is InChI=1S/C16H25N3O2/c1-18(9-10-20)12-13-3-2-4-14(11-13)16(21)19-7-5-15(17)6-8-19/h2-4,11,15,20H,5-10,12,17H2,1H3. The number of nitrogens with two attached hydrogens (primary N) is 1. The van der Waals surface area contributed by atoms with Gasteiger partial charge < -0.3 is 15.7 Å². The van der Waals surface area contributed by atoms with Gasteiger partial charge in [0.2, 0.25) is 0 Å². The quantitative estimate of drug-likeness (QED) is 0.837. The summed E-state index contributed by atoms with van der Waals surface area (Å²) in [6.07, 6.45) is 1.76. The number of rotatable bonds is 5. The number of aliphatic hydroxyl groups excluding tert-OH is 1. The van der Waals surface area contributed by atoms with Gasteiger partial charge in [0, 0.05) is 37.8 Å². The number of amides is 1. The van der Waals surface area contributed by atoms with E-state index in [9.17, 15) is 4.79 Å². The molecular formula is C16H25N3O2. The third-order valence-electron chi connectivity index (χ3n) is 3.93. The van der Waals surface area contributed by atoms with Crippen molar-refractivity contribution < 1.29 is 9.90 Å². The van der Waals surface area contributed by atoms with Crippen molar-refractivity contribution in [2.45, 2.75) is 25.4 Å². The second-order valence-corrected chi connectivity index (χ2v) is 5.79. The fourth-order valence-corrected chi connectivity index (χ4v) is 2.65. The number of piperidine rings is 1. The van der Waals surface area contributed by atoms with Gasteiger partial charge in [-0.15, -0.1) is 0 Å². The summed E-state index contributed by atoms with van der Waals surface area (Å²) in [6, 6.07) is 7.98. The summed E-state index contributed by atoms with van der Waals surface area (Å²) in [4.78, 5) is 16.4. The molecule has 1 fully saturated rings. The molecule has 1 amide bonds. The summed E-state index contributed by atoms with van der Waals surface area (Å²) in [5.41, 5.74) is 7.70. The summed E-state index contributed by atoms with van der Waals surface area (Å²) in [5.74, 6) is 0.0913. The monoisotopic (exact) mass is 291 g/mol. The summed E-state index contributed by atoms with van der Waals surface area (Å²) < 4.78 is 0. The number of likely N-dealkylation sites (N-methyl/N-ethyl adjacent to an activating group) is 1. The van der Waals surface area contributed by atoms with Gasteiger partial charge in [0.1, 0.15) is 0 Å². The van der Waals surface area contributed by atoms with Crippen LogP contribution in [-0.4, -0.2) is 60.1 Å².